The SMILES string of the molecule is COCCNC(C)(C(=O)O)c1cc(C)cc(C)c1. The first-order chi connectivity index (χ1) is 8.40. The number of aryl methyl sites for hydroxylation is 2. The van der Waals surface area contributed by atoms with Gasteiger partial charge in [-0.25, -0.2) is 4.79 Å². The summed E-state index contributed by atoms with van der Waals surface area (Å²) in [4.78, 5) is 11.5. The zero-order valence-corrected chi connectivity index (χ0v) is 11.4. The zero-order valence-electron chi connectivity index (χ0n) is 11.4. The lowest BCUT2D eigenvalue weighted by Gasteiger charge is -2.27. The molecule has 0 aliphatic carbocycles. The number of hydrogen-bond acceptors (Lipinski definition) is 3. The van der Waals surface area contributed by atoms with Crippen molar-refractivity contribution in [3.8, 4) is 0 Å². The monoisotopic (exact) mass is 251 g/mol. The maximum absolute atomic E-state index is 11.5. The van der Waals surface area contributed by atoms with Gasteiger partial charge in [-0.15, -0.1) is 0 Å². The summed E-state index contributed by atoms with van der Waals surface area (Å²) in [6.07, 6.45) is 0. The van der Waals surface area contributed by atoms with Crippen LogP contribution in [-0.4, -0.2) is 31.3 Å². The van der Waals surface area contributed by atoms with E-state index in [1.807, 2.05) is 32.0 Å². The van der Waals surface area contributed by atoms with Crippen LogP contribution in [0.5, 0.6) is 0 Å². The standard InChI is InChI=1S/C14H21NO3/c1-10-7-11(2)9-12(8-10)14(3,13(16)17)15-5-6-18-4/h7-9,15H,5-6H2,1-4H3,(H,16,17). The summed E-state index contributed by atoms with van der Waals surface area (Å²) < 4.78 is 4.94. The number of ether oxygens (including phenoxy) is 1. The Bertz CT molecular complexity index is 411. The number of rotatable bonds is 6. The van der Waals surface area contributed by atoms with Crippen LogP contribution in [0, 0.1) is 13.8 Å². The van der Waals surface area contributed by atoms with Crippen LogP contribution in [0.2, 0.25) is 0 Å². The van der Waals surface area contributed by atoms with Crippen LogP contribution in [-0.2, 0) is 15.1 Å². The average Bonchev–Trinajstić information content (AvgIpc) is 2.27. The fourth-order valence-corrected chi connectivity index (χ4v) is 1.97. The van der Waals surface area contributed by atoms with Gasteiger partial charge in [0.25, 0.3) is 0 Å². The Kier molecular flexibility index (Phi) is 4.87. The van der Waals surface area contributed by atoms with E-state index in [0.717, 1.165) is 16.7 Å². The van der Waals surface area contributed by atoms with E-state index in [-0.39, 0.29) is 0 Å². The fraction of sp³-hybridized carbons (Fsp3) is 0.500. The van der Waals surface area contributed by atoms with Gasteiger partial charge in [0.15, 0.2) is 0 Å². The normalized spacial score (nSPS) is 14.2. The Labute approximate surface area is 108 Å². The first-order valence-corrected chi connectivity index (χ1v) is 5.96. The molecule has 0 heterocycles. The highest BCUT2D eigenvalue weighted by molar-refractivity contribution is 5.80. The Morgan fingerprint density at radius 3 is 2.33 bits per heavy atom. The maximum Gasteiger partial charge on any atom is 0.328 e. The molecule has 0 fully saturated rings. The minimum absolute atomic E-state index is 0.480. The van der Waals surface area contributed by atoms with E-state index in [4.69, 9.17) is 4.74 Å². The smallest absolute Gasteiger partial charge is 0.328 e. The summed E-state index contributed by atoms with van der Waals surface area (Å²) in [6.45, 7) is 6.58. The summed E-state index contributed by atoms with van der Waals surface area (Å²) in [5, 5.41) is 12.5. The molecule has 0 saturated heterocycles. The molecule has 0 amide bonds. The van der Waals surface area contributed by atoms with Crippen LogP contribution in [0.4, 0.5) is 0 Å². The van der Waals surface area contributed by atoms with Gasteiger partial charge in [-0.2, -0.15) is 0 Å². The van der Waals surface area contributed by atoms with E-state index in [1.54, 1.807) is 14.0 Å². The van der Waals surface area contributed by atoms with Crippen molar-refractivity contribution < 1.29 is 14.6 Å². The molecular weight excluding hydrogens is 230 g/mol. The lowest BCUT2D eigenvalue weighted by molar-refractivity contribution is -0.144. The first kappa shape index (κ1) is 14.7. The summed E-state index contributed by atoms with van der Waals surface area (Å²) in [5.41, 5.74) is 1.80. The summed E-state index contributed by atoms with van der Waals surface area (Å²) in [5.74, 6) is -0.886. The molecule has 1 aromatic rings. The second-order valence-corrected chi connectivity index (χ2v) is 4.73. The molecule has 0 radical (unpaired) electrons. The van der Waals surface area contributed by atoms with Crippen LogP contribution in [0.3, 0.4) is 0 Å². The molecule has 1 rings (SSSR count). The van der Waals surface area contributed by atoms with Gasteiger partial charge in [-0.1, -0.05) is 29.3 Å². The van der Waals surface area contributed by atoms with Crippen LogP contribution in [0.15, 0.2) is 18.2 Å². The molecule has 100 valence electrons. The van der Waals surface area contributed by atoms with Gasteiger partial charge < -0.3 is 9.84 Å². The van der Waals surface area contributed by atoms with E-state index < -0.39 is 11.5 Å². The van der Waals surface area contributed by atoms with E-state index in [0.29, 0.717) is 13.2 Å². The summed E-state index contributed by atoms with van der Waals surface area (Å²) in [6, 6.07) is 5.84. The quantitative estimate of drug-likeness (QED) is 0.757. The molecule has 1 atom stereocenters. The molecule has 1 aromatic carbocycles. The highest BCUT2D eigenvalue weighted by atomic mass is 16.5. The van der Waals surface area contributed by atoms with Crippen molar-refractivity contribution in [3.63, 3.8) is 0 Å². The molecular formula is C14H21NO3. The fourth-order valence-electron chi connectivity index (χ4n) is 1.97. The zero-order chi connectivity index (χ0) is 13.8. The predicted molar refractivity (Wildman–Crippen MR) is 70.8 cm³/mol. The van der Waals surface area contributed by atoms with Gasteiger partial charge in [0.05, 0.1) is 6.61 Å². The number of aliphatic carboxylic acids is 1. The molecule has 0 aliphatic rings. The number of nitrogens with one attached hydrogen (secondary N) is 1. The molecule has 0 spiro atoms. The van der Waals surface area contributed by atoms with Crippen molar-refractivity contribution in [1.29, 1.82) is 0 Å². The molecule has 4 nitrogen and oxygen atoms in total. The highest BCUT2D eigenvalue weighted by Crippen LogP contribution is 2.23. The minimum atomic E-state index is -1.09. The Balaban J connectivity index is 3.06. The molecule has 0 bridgehead atoms. The van der Waals surface area contributed by atoms with E-state index >= 15 is 0 Å². The molecule has 1 unspecified atom stereocenters. The molecule has 0 aromatic heterocycles. The lowest BCUT2D eigenvalue weighted by atomic mass is 9.89. The third-order valence-corrected chi connectivity index (χ3v) is 3.01. The Morgan fingerprint density at radius 2 is 1.89 bits per heavy atom. The van der Waals surface area contributed by atoms with Crippen molar-refractivity contribution in [3.05, 3.63) is 34.9 Å². The average molecular weight is 251 g/mol. The molecule has 4 heteroatoms. The number of carbonyl (C=O) groups is 1. The Morgan fingerprint density at radius 1 is 1.33 bits per heavy atom. The van der Waals surface area contributed by atoms with Crippen molar-refractivity contribution in [2.75, 3.05) is 20.3 Å². The van der Waals surface area contributed by atoms with Crippen molar-refractivity contribution in [2.24, 2.45) is 0 Å². The van der Waals surface area contributed by atoms with Gasteiger partial charge in [0, 0.05) is 13.7 Å². The lowest BCUT2D eigenvalue weighted by Crippen LogP contribution is -2.47. The number of carboxylic acid groups (broad SMARTS) is 1. The molecule has 18 heavy (non-hydrogen) atoms. The van der Waals surface area contributed by atoms with E-state index in [9.17, 15) is 9.90 Å². The number of hydrogen-bond donors (Lipinski definition) is 2. The first-order valence-electron chi connectivity index (χ1n) is 5.96. The number of methoxy groups -OCH3 is 1. The van der Waals surface area contributed by atoms with Gasteiger partial charge in [-0.05, 0) is 26.3 Å². The van der Waals surface area contributed by atoms with Gasteiger partial charge in [-0.3, -0.25) is 5.32 Å². The van der Waals surface area contributed by atoms with Crippen LogP contribution in [0.25, 0.3) is 0 Å². The van der Waals surface area contributed by atoms with Gasteiger partial charge >= 0.3 is 5.97 Å². The molecule has 2 N–H and O–H groups in total. The van der Waals surface area contributed by atoms with Gasteiger partial charge in [0.1, 0.15) is 5.54 Å². The third kappa shape index (κ3) is 3.31. The van der Waals surface area contributed by atoms with Gasteiger partial charge in [0.2, 0.25) is 0 Å². The second kappa shape index (κ2) is 5.98. The maximum atomic E-state index is 11.5. The van der Waals surface area contributed by atoms with Crippen molar-refractivity contribution in [2.45, 2.75) is 26.3 Å². The Hall–Kier alpha value is -1.39. The highest BCUT2D eigenvalue weighted by Gasteiger charge is 2.34. The summed E-state index contributed by atoms with van der Waals surface area (Å²) >= 11 is 0. The predicted octanol–water partition coefficient (Wildman–Crippen LogP) is 1.84. The second-order valence-electron chi connectivity index (χ2n) is 4.73. The molecule has 0 saturated carbocycles. The third-order valence-electron chi connectivity index (χ3n) is 3.01. The van der Waals surface area contributed by atoms with Crippen LogP contribution >= 0.6 is 0 Å². The largest absolute Gasteiger partial charge is 0.480 e. The number of benzene rings is 1. The van der Waals surface area contributed by atoms with Crippen molar-refractivity contribution in [1.82, 2.24) is 5.32 Å². The van der Waals surface area contributed by atoms with E-state index in [2.05, 4.69) is 5.32 Å². The van der Waals surface area contributed by atoms with Crippen molar-refractivity contribution >= 4 is 5.97 Å². The topological polar surface area (TPSA) is 58.6 Å². The van der Waals surface area contributed by atoms with E-state index in [1.165, 1.54) is 0 Å². The minimum Gasteiger partial charge on any atom is -0.480 e. The molecule has 0 aliphatic heterocycles. The van der Waals surface area contributed by atoms with Crippen LogP contribution < -0.4 is 5.32 Å². The summed E-state index contributed by atoms with van der Waals surface area (Å²) in [7, 11) is 1.59. The number of carboxylic acids is 1. The van der Waals surface area contributed by atoms with Crippen LogP contribution in [0.1, 0.15) is 23.6 Å².